The predicted octanol–water partition coefficient (Wildman–Crippen LogP) is 1.09. The quantitative estimate of drug-likeness (QED) is 0.838. The van der Waals surface area contributed by atoms with Crippen LogP contribution in [0, 0.1) is 5.92 Å². The van der Waals surface area contributed by atoms with Gasteiger partial charge in [-0.2, -0.15) is 11.3 Å². The van der Waals surface area contributed by atoms with E-state index in [1.54, 1.807) is 11.0 Å². The van der Waals surface area contributed by atoms with Crippen molar-refractivity contribution in [3.63, 3.8) is 0 Å². The molecule has 1 atom stereocenters. The Labute approximate surface area is 98.0 Å². The van der Waals surface area contributed by atoms with Crippen LogP contribution in [0.25, 0.3) is 0 Å². The topological polar surface area (TPSA) is 63.4 Å². The highest BCUT2D eigenvalue weighted by molar-refractivity contribution is 7.08. The number of likely N-dealkylation sites (tertiary alicyclic amines) is 1. The molecule has 2 amide bonds. The Kier molecular flexibility index (Phi) is 3.24. The molecule has 86 valence electrons. The molecule has 4 nitrogen and oxygen atoms in total. The van der Waals surface area contributed by atoms with E-state index < -0.39 is 0 Å². The van der Waals surface area contributed by atoms with Crippen LogP contribution in [-0.4, -0.2) is 29.8 Å². The van der Waals surface area contributed by atoms with Crippen molar-refractivity contribution in [3.05, 3.63) is 22.4 Å². The van der Waals surface area contributed by atoms with Gasteiger partial charge < -0.3 is 10.6 Å². The minimum Gasteiger partial charge on any atom is -0.369 e. The first kappa shape index (κ1) is 11.1. The van der Waals surface area contributed by atoms with Crippen molar-refractivity contribution in [1.82, 2.24) is 4.90 Å². The molecule has 16 heavy (non-hydrogen) atoms. The van der Waals surface area contributed by atoms with Gasteiger partial charge in [-0.1, -0.05) is 0 Å². The molecule has 2 N–H and O–H groups in total. The van der Waals surface area contributed by atoms with Crippen LogP contribution < -0.4 is 5.73 Å². The summed E-state index contributed by atoms with van der Waals surface area (Å²) in [6, 6.07) is 1.81. The van der Waals surface area contributed by atoms with Crippen LogP contribution in [0.15, 0.2) is 16.8 Å². The highest BCUT2D eigenvalue weighted by Crippen LogP contribution is 2.19. The summed E-state index contributed by atoms with van der Waals surface area (Å²) in [6.45, 7) is 1.18. The van der Waals surface area contributed by atoms with E-state index in [1.807, 2.05) is 10.8 Å². The number of thiophene rings is 1. The second kappa shape index (κ2) is 4.65. The van der Waals surface area contributed by atoms with Gasteiger partial charge >= 0.3 is 0 Å². The van der Waals surface area contributed by atoms with Crippen LogP contribution in [0.2, 0.25) is 0 Å². The molecule has 1 fully saturated rings. The summed E-state index contributed by atoms with van der Waals surface area (Å²) in [5, 5.41) is 3.71. The number of carbonyl (C=O) groups is 2. The van der Waals surface area contributed by atoms with Gasteiger partial charge in [-0.25, -0.2) is 0 Å². The predicted molar refractivity (Wildman–Crippen MR) is 62.1 cm³/mol. The molecule has 1 aliphatic heterocycles. The van der Waals surface area contributed by atoms with Crippen molar-refractivity contribution in [3.8, 4) is 0 Å². The summed E-state index contributed by atoms with van der Waals surface area (Å²) in [5.74, 6) is -0.480. The summed E-state index contributed by atoms with van der Waals surface area (Å²) >= 11 is 1.50. The molecule has 0 spiro atoms. The first-order valence-electron chi connectivity index (χ1n) is 5.29. The van der Waals surface area contributed by atoms with Crippen molar-refractivity contribution in [1.29, 1.82) is 0 Å². The van der Waals surface area contributed by atoms with Gasteiger partial charge in [-0.3, -0.25) is 9.59 Å². The van der Waals surface area contributed by atoms with Crippen LogP contribution in [0.3, 0.4) is 0 Å². The number of carbonyl (C=O) groups excluding carboxylic acids is 2. The third kappa shape index (κ3) is 2.24. The molecular weight excluding hydrogens is 224 g/mol. The summed E-state index contributed by atoms with van der Waals surface area (Å²) in [5.41, 5.74) is 5.98. The summed E-state index contributed by atoms with van der Waals surface area (Å²) in [4.78, 5) is 24.8. The average Bonchev–Trinajstić information content (AvgIpc) is 2.81. The first-order valence-corrected chi connectivity index (χ1v) is 6.23. The summed E-state index contributed by atoms with van der Waals surface area (Å²) in [7, 11) is 0. The minimum absolute atomic E-state index is 0.00667. The van der Waals surface area contributed by atoms with E-state index in [0.29, 0.717) is 12.1 Å². The third-order valence-electron chi connectivity index (χ3n) is 2.88. The SMILES string of the molecule is NC(=O)C1CCCN(C(=O)c2ccsc2)C1. The van der Waals surface area contributed by atoms with E-state index in [4.69, 9.17) is 5.73 Å². The lowest BCUT2D eigenvalue weighted by atomic mass is 9.97. The Bertz CT molecular complexity index is 389. The molecule has 0 aliphatic carbocycles. The molecule has 0 radical (unpaired) electrons. The Hall–Kier alpha value is -1.36. The fraction of sp³-hybridized carbons (Fsp3) is 0.455. The normalized spacial score (nSPS) is 20.8. The minimum atomic E-state index is -0.303. The van der Waals surface area contributed by atoms with Crippen molar-refractivity contribution in [2.75, 3.05) is 13.1 Å². The first-order chi connectivity index (χ1) is 7.68. The van der Waals surface area contributed by atoms with E-state index >= 15 is 0 Å². The molecule has 5 heteroatoms. The lowest BCUT2D eigenvalue weighted by Crippen LogP contribution is -2.44. The lowest BCUT2D eigenvalue weighted by molar-refractivity contribution is -0.123. The summed E-state index contributed by atoms with van der Waals surface area (Å²) in [6.07, 6.45) is 1.65. The second-order valence-electron chi connectivity index (χ2n) is 4.00. The van der Waals surface area contributed by atoms with Gasteiger partial charge in [-0.05, 0) is 24.3 Å². The largest absolute Gasteiger partial charge is 0.369 e. The number of rotatable bonds is 2. The van der Waals surface area contributed by atoms with Gasteiger partial charge in [-0.15, -0.1) is 0 Å². The standard InChI is InChI=1S/C11H14N2O2S/c12-10(14)8-2-1-4-13(6-8)11(15)9-3-5-16-7-9/h3,5,7-8H,1-2,4,6H2,(H2,12,14). The van der Waals surface area contributed by atoms with Crippen molar-refractivity contribution < 1.29 is 9.59 Å². The number of amides is 2. The second-order valence-corrected chi connectivity index (χ2v) is 4.78. The van der Waals surface area contributed by atoms with E-state index in [-0.39, 0.29) is 17.7 Å². The lowest BCUT2D eigenvalue weighted by Gasteiger charge is -2.31. The fourth-order valence-corrected chi connectivity index (χ4v) is 2.59. The van der Waals surface area contributed by atoms with Gasteiger partial charge in [0.05, 0.1) is 11.5 Å². The van der Waals surface area contributed by atoms with Crippen molar-refractivity contribution in [2.45, 2.75) is 12.8 Å². The van der Waals surface area contributed by atoms with Gasteiger partial charge in [0, 0.05) is 18.5 Å². The Morgan fingerprint density at radius 3 is 2.94 bits per heavy atom. The maximum absolute atomic E-state index is 12.0. The number of piperidine rings is 1. The molecule has 1 aliphatic rings. The van der Waals surface area contributed by atoms with Crippen LogP contribution in [0.5, 0.6) is 0 Å². The number of primary amides is 1. The Balaban J connectivity index is 2.05. The van der Waals surface area contributed by atoms with Gasteiger partial charge in [0.2, 0.25) is 5.91 Å². The molecule has 1 aromatic rings. The van der Waals surface area contributed by atoms with E-state index in [1.165, 1.54) is 11.3 Å². The maximum atomic E-state index is 12.0. The molecule has 1 unspecified atom stereocenters. The summed E-state index contributed by atoms with van der Waals surface area (Å²) < 4.78 is 0. The average molecular weight is 238 g/mol. The van der Waals surface area contributed by atoms with Crippen LogP contribution in [-0.2, 0) is 4.79 Å². The van der Waals surface area contributed by atoms with E-state index in [2.05, 4.69) is 0 Å². The van der Waals surface area contributed by atoms with Gasteiger partial charge in [0.25, 0.3) is 5.91 Å². The molecule has 1 aromatic heterocycles. The van der Waals surface area contributed by atoms with Crippen LogP contribution in [0.4, 0.5) is 0 Å². The van der Waals surface area contributed by atoms with Gasteiger partial charge in [0.15, 0.2) is 0 Å². The maximum Gasteiger partial charge on any atom is 0.254 e. The number of nitrogens with zero attached hydrogens (tertiary/aromatic N) is 1. The molecule has 0 saturated carbocycles. The fourth-order valence-electron chi connectivity index (χ4n) is 1.96. The zero-order valence-corrected chi connectivity index (χ0v) is 9.70. The van der Waals surface area contributed by atoms with Crippen molar-refractivity contribution >= 4 is 23.2 Å². The number of nitrogens with two attached hydrogens (primary N) is 1. The molecule has 2 heterocycles. The smallest absolute Gasteiger partial charge is 0.254 e. The van der Waals surface area contributed by atoms with Crippen molar-refractivity contribution in [2.24, 2.45) is 11.7 Å². The zero-order chi connectivity index (χ0) is 11.5. The van der Waals surface area contributed by atoms with E-state index in [9.17, 15) is 9.59 Å². The van der Waals surface area contributed by atoms with Crippen LogP contribution in [0.1, 0.15) is 23.2 Å². The molecule has 0 bridgehead atoms. The highest BCUT2D eigenvalue weighted by atomic mass is 32.1. The van der Waals surface area contributed by atoms with Gasteiger partial charge in [0.1, 0.15) is 0 Å². The third-order valence-corrected chi connectivity index (χ3v) is 3.56. The Morgan fingerprint density at radius 2 is 2.31 bits per heavy atom. The molecule has 1 saturated heterocycles. The molecule has 2 rings (SSSR count). The number of hydrogen-bond acceptors (Lipinski definition) is 3. The monoisotopic (exact) mass is 238 g/mol. The molecule has 0 aromatic carbocycles. The number of hydrogen-bond donors (Lipinski definition) is 1. The Morgan fingerprint density at radius 1 is 1.50 bits per heavy atom. The highest BCUT2D eigenvalue weighted by Gasteiger charge is 2.27. The molecular formula is C11H14N2O2S. The van der Waals surface area contributed by atoms with Crippen LogP contribution >= 0.6 is 11.3 Å². The van der Waals surface area contributed by atoms with E-state index in [0.717, 1.165) is 19.4 Å². The zero-order valence-electron chi connectivity index (χ0n) is 8.89.